The third-order valence-electron chi connectivity index (χ3n) is 2.67. The van der Waals surface area contributed by atoms with Crippen LogP contribution in [0.5, 0.6) is 0 Å². The predicted molar refractivity (Wildman–Crippen MR) is 89.6 cm³/mol. The average Bonchev–Trinajstić information content (AvgIpc) is 2.41. The predicted octanol–water partition coefficient (Wildman–Crippen LogP) is 3.69. The molecule has 0 aliphatic carbocycles. The molecule has 0 saturated carbocycles. The lowest BCUT2D eigenvalue weighted by atomic mass is 10.1. The summed E-state index contributed by atoms with van der Waals surface area (Å²) in [5.41, 5.74) is 5.92. The molecule has 0 saturated heterocycles. The molecule has 0 aromatic heterocycles. The zero-order valence-corrected chi connectivity index (χ0v) is 13.4. The molecule has 0 aliphatic rings. The molecule has 0 heterocycles. The monoisotopic (exact) mass is 417 g/mol. The van der Waals surface area contributed by atoms with Crippen LogP contribution in [0, 0.1) is 13.7 Å². The van der Waals surface area contributed by atoms with E-state index in [1.165, 1.54) is 18.2 Å². The van der Waals surface area contributed by atoms with Crippen LogP contribution in [0.4, 0.5) is 17.1 Å². The van der Waals surface area contributed by atoms with Crippen molar-refractivity contribution >= 4 is 57.2 Å². The lowest BCUT2D eigenvalue weighted by Crippen LogP contribution is -2.13. The zero-order valence-electron chi connectivity index (χ0n) is 10.5. The Hall–Kier alpha value is -1.87. The number of nitrogens with zero attached hydrogens (tertiary/aromatic N) is 1. The van der Waals surface area contributed by atoms with Crippen molar-refractivity contribution in [2.24, 2.45) is 0 Å². The van der Waals surface area contributed by atoms with Crippen molar-refractivity contribution in [2.45, 2.75) is 0 Å². The Bertz CT molecular complexity index is 737. The average molecular weight is 418 g/mol. The number of amides is 1. The van der Waals surface area contributed by atoms with Crippen LogP contribution in [0.3, 0.4) is 0 Å². The Labute approximate surface area is 138 Å². The molecule has 21 heavy (non-hydrogen) atoms. The quantitative estimate of drug-likeness (QED) is 0.344. The number of hydrogen-bond donors (Lipinski definition) is 2. The molecule has 1 amide bonds. The van der Waals surface area contributed by atoms with Crippen LogP contribution in [0.1, 0.15) is 10.4 Å². The fourth-order valence-electron chi connectivity index (χ4n) is 1.65. The molecule has 6 nitrogen and oxygen atoms in total. The van der Waals surface area contributed by atoms with Gasteiger partial charge in [-0.25, -0.2) is 0 Å². The minimum atomic E-state index is -0.604. The number of benzene rings is 2. The number of nitrogen functional groups attached to an aromatic ring is 1. The van der Waals surface area contributed by atoms with Gasteiger partial charge >= 0.3 is 0 Å². The lowest BCUT2D eigenvalue weighted by Gasteiger charge is -2.08. The van der Waals surface area contributed by atoms with Gasteiger partial charge in [-0.15, -0.1) is 0 Å². The van der Waals surface area contributed by atoms with Crippen LogP contribution >= 0.6 is 34.2 Å². The van der Waals surface area contributed by atoms with E-state index in [0.29, 0.717) is 10.7 Å². The van der Waals surface area contributed by atoms with Gasteiger partial charge < -0.3 is 11.1 Å². The van der Waals surface area contributed by atoms with E-state index in [0.717, 1.165) is 3.57 Å². The number of hydrogen-bond acceptors (Lipinski definition) is 4. The van der Waals surface area contributed by atoms with E-state index in [4.69, 9.17) is 17.3 Å². The fourth-order valence-corrected chi connectivity index (χ4v) is 2.55. The second-order valence-electron chi connectivity index (χ2n) is 4.11. The summed E-state index contributed by atoms with van der Waals surface area (Å²) in [6, 6.07) is 8.98. The zero-order chi connectivity index (χ0) is 15.6. The number of halogens is 2. The Morgan fingerprint density at radius 3 is 2.57 bits per heavy atom. The number of nitrogens with one attached hydrogen (secondary N) is 1. The molecule has 0 fully saturated rings. The van der Waals surface area contributed by atoms with Crippen LogP contribution in [-0.4, -0.2) is 10.8 Å². The highest BCUT2D eigenvalue weighted by Gasteiger charge is 2.15. The molecular formula is C13H9ClIN3O3. The maximum Gasteiger partial charge on any atom is 0.292 e. The van der Waals surface area contributed by atoms with Crippen molar-refractivity contribution in [3.05, 3.63) is 60.7 Å². The van der Waals surface area contributed by atoms with E-state index in [1.54, 1.807) is 18.2 Å². The Kier molecular flexibility index (Phi) is 4.63. The number of anilines is 2. The first-order valence-corrected chi connectivity index (χ1v) is 7.14. The molecular weight excluding hydrogens is 409 g/mol. The minimum Gasteiger partial charge on any atom is -0.393 e. The molecule has 0 spiro atoms. The first-order valence-electron chi connectivity index (χ1n) is 5.69. The van der Waals surface area contributed by atoms with Gasteiger partial charge in [0.15, 0.2) is 0 Å². The van der Waals surface area contributed by atoms with E-state index >= 15 is 0 Å². The van der Waals surface area contributed by atoms with Gasteiger partial charge in [-0.1, -0.05) is 11.6 Å². The summed E-state index contributed by atoms with van der Waals surface area (Å²) in [5, 5.41) is 13.7. The number of rotatable bonds is 3. The van der Waals surface area contributed by atoms with Crippen LogP contribution in [0.15, 0.2) is 36.4 Å². The number of carbonyl (C=O) groups excluding carboxylic acids is 1. The van der Waals surface area contributed by atoms with Crippen LogP contribution in [-0.2, 0) is 0 Å². The van der Waals surface area contributed by atoms with Gasteiger partial charge in [0.2, 0.25) is 0 Å². The molecule has 2 aromatic carbocycles. The second kappa shape index (κ2) is 6.27. The van der Waals surface area contributed by atoms with Gasteiger partial charge in [0, 0.05) is 15.2 Å². The van der Waals surface area contributed by atoms with Crippen molar-refractivity contribution < 1.29 is 9.72 Å². The van der Waals surface area contributed by atoms with E-state index in [9.17, 15) is 14.9 Å². The van der Waals surface area contributed by atoms with Crippen LogP contribution in [0.2, 0.25) is 5.02 Å². The molecule has 0 bridgehead atoms. The summed E-state index contributed by atoms with van der Waals surface area (Å²) < 4.78 is 0.940. The molecule has 2 rings (SSSR count). The van der Waals surface area contributed by atoms with Crippen LogP contribution in [0.25, 0.3) is 0 Å². The largest absolute Gasteiger partial charge is 0.393 e. The van der Waals surface area contributed by atoms with Crippen molar-refractivity contribution in [1.82, 2.24) is 0 Å². The molecule has 0 unspecified atom stereocenters. The van der Waals surface area contributed by atoms with Gasteiger partial charge in [-0.05, 0) is 52.9 Å². The summed E-state index contributed by atoms with van der Waals surface area (Å²) in [6.45, 7) is 0. The summed E-state index contributed by atoms with van der Waals surface area (Å²) in [5.74, 6) is -0.445. The Balaban J connectivity index is 2.24. The summed E-state index contributed by atoms with van der Waals surface area (Å²) in [4.78, 5) is 22.2. The second-order valence-corrected chi connectivity index (χ2v) is 5.76. The molecule has 0 atom stereocenters. The van der Waals surface area contributed by atoms with E-state index < -0.39 is 10.8 Å². The summed E-state index contributed by atoms with van der Waals surface area (Å²) >= 11 is 8.13. The summed E-state index contributed by atoms with van der Waals surface area (Å²) in [7, 11) is 0. The Morgan fingerprint density at radius 2 is 2.00 bits per heavy atom. The lowest BCUT2D eigenvalue weighted by molar-refractivity contribution is -0.383. The number of nitro benzene ring substituents is 1. The molecule has 0 radical (unpaired) electrons. The van der Waals surface area contributed by atoms with Crippen LogP contribution < -0.4 is 11.1 Å². The molecule has 3 N–H and O–H groups in total. The van der Waals surface area contributed by atoms with Gasteiger partial charge in [0.1, 0.15) is 5.69 Å². The highest BCUT2D eigenvalue weighted by atomic mass is 127. The normalized spacial score (nSPS) is 10.2. The first-order chi connectivity index (χ1) is 9.88. The van der Waals surface area contributed by atoms with Gasteiger partial charge in [-0.3, -0.25) is 14.9 Å². The number of nitro groups is 1. The van der Waals surface area contributed by atoms with E-state index in [-0.39, 0.29) is 16.9 Å². The number of nitrogens with two attached hydrogens (primary N) is 1. The maximum atomic E-state index is 12.1. The first kappa shape index (κ1) is 15.5. The van der Waals surface area contributed by atoms with Crippen molar-refractivity contribution in [1.29, 1.82) is 0 Å². The maximum absolute atomic E-state index is 12.1. The fraction of sp³-hybridized carbons (Fsp3) is 0. The SMILES string of the molecule is Nc1cc(C(=O)Nc2ccc(I)cc2Cl)ccc1[N+](=O)[O-]. The topological polar surface area (TPSA) is 98.3 Å². The van der Waals surface area contributed by atoms with Crippen molar-refractivity contribution in [3.63, 3.8) is 0 Å². The standard InChI is InChI=1S/C13H9ClIN3O3/c14-9-6-8(15)2-3-11(9)17-13(19)7-1-4-12(18(20)21)10(16)5-7/h1-6H,16H2,(H,17,19). The van der Waals surface area contributed by atoms with Gasteiger partial charge in [0.25, 0.3) is 11.6 Å². The molecule has 8 heteroatoms. The Morgan fingerprint density at radius 1 is 1.29 bits per heavy atom. The van der Waals surface area contributed by atoms with E-state index in [2.05, 4.69) is 27.9 Å². The third kappa shape index (κ3) is 3.61. The summed E-state index contributed by atoms with van der Waals surface area (Å²) in [6.07, 6.45) is 0. The van der Waals surface area contributed by atoms with Gasteiger partial charge in [-0.2, -0.15) is 0 Å². The number of carbonyl (C=O) groups is 1. The molecule has 2 aromatic rings. The van der Waals surface area contributed by atoms with Gasteiger partial charge in [0.05, 0.1) is 15.6 Å². The third-order valence-corrected chi connectivity index (χ3v) is 3.65. The minimum absolute atomic E-state index is 0.0682. The molecule has 0 aliphatic heterocycles. The van der Waals surface area contributed by atoms with Crippen molar-refractivity contribution in [3.8, 4) is 0 Å². The van der Waals surface area contributed by atoms with E-state index in [1.807, 2.05) is 0 Å². The van der Waals surface area contributed by atoms with Crippen molar-refractivity contribution in [2.75, 3.05) is 11.1 Å². The molecule has 108 valence electrons. The smallest absolute Gasteiger partial charge is 0.292 e. The highest BCUT2D eigenvalue weighted by molar-refractivity contribution is 14.1. The highest BCUT2D eigenvalue weighted by Crippen LogP contribution is 2.26.